The Kier molecular flexibility index (Phi) is 4.67. The van der Waals surface area contributed by atoms with Crippen molar-refractivity contribution in [3.05, 3.63) is 71.8 Å². The number of hydrogen-bond donors (Lipinski definition) is 2. The van der Waals surface area contributed by atoms with Crippen molar-refractivity contribution >= 4 is 22.5 Å². The van der Waals surface area contributed by atoms with Crippen molar-refractivity contribution in [1.29, 1.82) is 10.5 Å². The van der Waals surface area contributed by atoms with Gasteiger partial charge in [-0.05, 0) is 23.8 Å². The number of nitriles is 2. The largest absolute Gasteiger partial charge is 0.382 e. The summed E-state index contributed by atoms with van der Waals surface area (Å²) in [5.41, 5.74) is 9.52. The summed E-state index contributed by atoms with van der Waals surface area (Å²) in [5.74, 6) is 0.461. The van der Waals surface area contributed by atoms with Crippen LogP contribution >= 0.6 is 0 Å². The Morgan fingerprint density at radius 3 is 2.62 bits per heavy atom. The predicted molar refractivity (Wildman–Crippen MR) is 108 cm³/mol. The fraction of sp³-hybridized carbons (Fsp3) is 0.0476. The molecule has 3 aromatic heterocycles. The topological polar surface area (TPSA) is 137 Å². The molecule has 0 saturated heterocycles. The van der Waals surface area contributed by atoms with E-state index >= 15 is 0 Å². The first kappa shape index (κ1) is 17.8. The normalized spacial score (nSPS) is 10.3. The summed E-state index contributed by atoms with van der Waals surface area (Å²) in [6, 6.07) is 15.3. The molecule has 3 N–H and O–H groups in total. The molecule has 0 amide bonds. The van der Waals surface area contributed by atoms with Gasteiger partial charge in [0.1, 0.15) is 35.7 Å². The van der Waals surface area contributed by atoms with Gasteiger partial charge < -0.3 is 11.1 Å². The van der Waals surface area contributed by atoms with Gasteiger partial charge in [0.2, 0.25) is 0 Å². The van der Waals surface area contributed by atoms with Crippen LogP contribution in [-0.4, -0.2) is 19.9 Å². The van der Waals surface area contributed by atoms with Gasteiger partial charge in [-0.1, -0.05) is 18.2 Å². The smallest absolute Gasteiger partial charge is 0.149 e. The molecule has 0 aliphatic heterocycles. The Morgan fingerprint density at radius 1 is 0.966 bits per heavy atom. The first-order valence-corrected chi connectivity index (χ1v) is 8.69. The molecule has 0 spiro atoms. The number of pyridine rings is 2. The van der Waals surface area contributed by atoms with Crippen LogP contribution in [0.2, 0.25) is 0 Å². The average Bonchev–Trinajstić information content (AvgIpc) is 2.77. The first-order chi connectivity index (χ1) is 14.2. The van der Waals surface area contributed by atoms with E-state index in [2.05, 4.69) is 31.3 Å². The number of rotatable bonds is 4. The van der Waals surface area contributed by atoms with E-state index in [0.29, 0.717) is 23.4 Å². The summed E-state index contributed by atoms with van der Waals surface area (Å²) in [5, 5.41) is 22.7. The van der Waals surface area contributed by atoms with Crippen LogP contribution in [0.3, 0.4) is 0 Å². The molecule has 29 heavy (non-hydrogen) atoms. The molecule has 0 atom stereocenters. The third kappa shape index (κ3) is 3.27. The molecule has 0 aliphatic carbocycles. The number of benzene rings is 1. The lowest BCUT2D eigenvalue weighted by Crippen LogP contribution is -2.08. The summed E-state index contributed by atoms with van der Waals surface area (Å²) >= 11 is 0. The molecule has 0 radical (unpaired) electrons. The van der Waals surface area contributed by atoms with Gasteiger partial charge in [0.25, 0.3) is 0 Å². The maximum absolute atomic E-state index is 9.43. The molecule has 8 heteroatoms. The van der Waals surface area contributed by atoms with Gasteiger partial charge in [0.15, 0.2) is 0 Å². The molecule has 0 unspecified atom stereocenters. The number of nitrogen functional groups attached to an aromatic ring is 1. The Labute approximate surface area is 166 Å². The van der Waals surface area contributed by atoms with Crippen LogP contribution in [0.5, 0.6) is 0 Å². The van der Waals surface area contributed by atoms with Crippen molar-refractivity contribution in [2.75, 3.05) is 11.1 Å². The van der Waals surface area contributed by atoms with E-state index in [1.54, 1.807) is 18.5 Å². The summed E-state index contributed by atoms with van der Waals surface area (Å²) in [6.45, 7) is 0.330. The summed E-state index contributed by atoms with van der Waals surface area (Å²) in [6.07, 6.45) is 4.72. The van der Waals surface area contributed by atoms with Crippen molar-refractivity contribution in [3.8, 4) is 23.4 Å². The number of para-hydroxylation sites is 1. The van der Waals surface area contributed by atoms with Crippen molar-refractivity contribution in [3.63, 3.8) is 0 Å². The Bertz CT molecular complexity index is 1290. The molecule has 138 valence electrons. The molecule has 3 heterocycles. The maximum Gasteiger partial charge on any atom is 0.149 e. The Morgan fingerprint density at radius 2 is 1.86 bits per heavy atom. The minimum Gasteiger partial charge on any atom is -0.382 e. The predicted octanol–water partition coefficient (Wildman–Crippen LogP) is 3.02. The van der Waals surface area contributed by atoms with Gasteiger partial charge in [-0.2, -0.15) is 10.5 Å². The van der Waals surface area contributed by atoms with Crippen LogP contribution in [0, 0.1) is 22.7 Å². The maximum atomic E-state index is 9.43. The molecule has 0 fully saturated rings. The van der Waals surface area contributed by atoms with Crippen LogP contribution in [0.15, 0.2) is 55.1 Å². The highest BCUT2D eigenvalue weighted by Crippen LogP contribution is 2.31. The second-order valence-electron chi connectivity index (χ2n) is 6.13. The SMILES string of the molecule is N#Cc1c(N)ncnc1NCc1cnc2c(C#N)cccc2c1-c1ccccn1. The molecule has 0 bridgehead atoms. The van der Waals surface area contributed by atoms with Crippen molar-refractivity contribution in [2.45, 2.75) is 6.54 Å². The molecule has 8 nitrogen and oxygen atoms in total. The van der Waals surface area contributed by atoms with Gasteiger partial charge in [-0.15, -0.1) is 0 Å². The lowest BCUT2D eigenvalue weighted by atomic mass is 9.98. The van der Waals surface area contributed by atoms with Gasteiger partial charge in [-0.3, -0.25) is 9.97 Å². The van der Waals surface area contributed by atoms with E-state index < -0.39 is 0 Å². The van der Waals surface area contributed by atoms with E-state index in [4.69, 9.17) is 5.73 Å². The third-order valence-electron chi connectivity index (χ3n) is 4.45. The average molecular weight is 378 g/mol. The van der Waals surface area contributed by atoms with E-state index in [0.717, 1.165) is 22.2 Å². The zero-order valence-electron chi connectivity index (χ0n) is 15.2. The molecule has 1 aromatic carbocycles. The molecule has 0 aliphatic rings. The molecule has 4 aromatic rings. The fourth-order valence-corrected chi connectivity index (χ4v) is 3.12. The van der Waals surface area contributed by atoms with Crippen LogP contribution in [0.4, 0.5) is 11.6 Å². The highest BCUT2D eigenvalue weighted by Gasteiger charge is 2.15. The number of fused-ring (bicyclic) bond motifs is 1. The van der Waals surface area contributed by atoms with Crippen LogP contribution < -0.4 is 11.1 Å². The fourth-order valence-electron chi connectivity index (χ4n) is 3.12. The lowest BCUT2D eigenvalue weighted by molar-refractivity contribution is 1.07. The van der Waals surface area contributed by atoms with E-state index in [1.165, 1.54) is 6.33 Å². The highest BCUT2D eigenvalue weighted by atomic mass is 15.0. The quantitative estimate of drug-likeness (QED) is 0.553. The number of nitrogens with two attached hydrogens (primary N) is 1. The van der Waals surface area contributed by atoms with Crippen molar-refractivity contribution in [1.82, 2.24) is 19.9 Å². The summed E-state index contributed by atoms with van der Waals surface area (Å²) in [4.78, 5) is 16.9. The number of hydrogen-bond acceptors (Lipinski definition) is 8. The highest BCUT2D eigenvalue weighted by molar-refractivity contribution is 5.97. The van der Waals surface area contributed by atoms with E-state index in [1.807, 2.05) is 36.4 Å². The lowest BCUT2D eigenvalue weighted by Gasteiger charge is -2.14. The number of anilines is 2. The first-order valence-electron chi connectivity index (χ1n) is 8.69. The molecular formula is C21H14N8. The number of aromatic nitrogens is 4. The van der Waals surface area contributed by atoms with Crippen LogP contribution in [-0.2, 0) is 6.54 Å². The van der Waals surface area contributed by atoms with Crippen LogP contribution in [0.1, 0.15) is 16.7 Å². The van der Waals surface area contributed by atoms with Gasteiger partial charge >= 0.3 is 0 Å². The monoisotopic (exact) mass is 378 g/mol. The van der Waals surface area contributed by atoms with Crippen molar-refractivity contribution < 1.29 is 0 Å². The Hall–Kier alpha value is -4.56. The summed E-state index contributed by atoms with van der Waals surface area (Å²) < 4.78 is 0. The summed E-state index contributed by atoms with van der Waals surface area (Å²) in [7, 11) is 0. The molecular weight excluding hydrogens is 364 g/mol. The van der Waals surface area contributed by atoms with Gasteiger partial charge in [0, 0.05) is 29.9 Å². The standard InChI is InChI=1S/C21H14N8/c22-8-13-4-3-5-15-18(17-6-1-2-7-25-17)14(10-26-19(13)15)11-27-21-16(9-23)20(24)28-12-29-21/h1-7,10,12H,11H2,(H3,24,27,28,29). The van der Waals surface area contributed by atoms with Gasteiger partial charge in [0.05, 0.1) is 16.8 Å². The second kappa shape index (κ2) is 7.59. The zero-order valence-corrected chi connectivity index (χ0v) is 15.2. The Balaban J connectivity index is 1.84. The van der Waals surface area contributed by atoms with E-state index in [-0.39, 0.29) is 11.4 Å². The minimum atomic E-state index is 0.116. The minimum absolute atomic E-state index is 0.116. The molecule has 0 saturated carbocycles. The van der Waals surface area contributed by atoms with Gasteiger partial charge in [-0.25, -0.2) is 9.97 Å². The number of nitrogens with zero attached hydrogens (tertiary/aromatic N) is 6. The van der Waals surface area contributed by atoms with E-state index in [9.17, 15) is 10.5 Å². The number of nitrogens with one attached hydrogen (secondary N) is 1. The zero-order chi connectivity index (χ0) is 20.2. The molecule has 4 rings (SSSR count). The second-order valence-corrected chi connectivity index (χ2v) is 6.13. The third-order valence-corrected chi connectivity index (χ3v) is 4.45. The van der Waals surface area contributed by atoms with Crippen LogP contribution in [0.25, 0.3) is 22.2 Å². The van der Waals surface area contributed by atoms with Crippen molar-refractivity contribution in [2.24, 2.45) is 0 Å².